The summed E-state index contributed by atoms with van der Waals surface area (Å²) in [5.74, 6) is -0.655. The Morgan fingerprint density at radius 3 is 2.38 bits per heavy atom. The fourth-order valence-electron chi connectivity index (χ4n) is 4.15. The number of halogens is 3. The first-order valence-electron chi connectivity index (χ1n) is 10.6. The molecule has 0 aliphatic heterocycles. The van der Waals surface area contributed by atoms with E-state index in [4.69, 9.17) is 4.74 Å². The highest BCUT2D eigenvalue weighted by molar-refractivity contribution is 5.51. The summed E-state index contributed by atoms with van der Waals surface area (Å²) < 4.78 is 48.2. The van der Waals surface area contributed by atoms with Gasteiger partial charge >= 0.3 is 0 Å². The largest absolute Gasteiger partial charge is 0.494 e. The van der Waals surface area contributed by atoms with Gasteiger partial charge in [-0.05, 0) is 68.1 Å². The summed E-state index contributed by atoms with van der Waals surface area (Å²) in [6.45, 7) is 4.34. The quantitative estimate of drug-likeness (QED) is 0.467. The van der Waals surface area contributed by atoms with E-state index in [2.05, 4.69) is 0 Å². The molecule has 0 amide bonds. The van der Waals surface area contributed by atoms with Gasteiger partial charge in [-0.15, -0.1) is 0 Å². The van der Waals surface area contributed by atoms with Crippen molar-refractivity contribution in [3.8, 4) is 5.75 Å². The maximum Gasteiger partial charge on any atom is 0.166 e. The topological polar surface area (TPSA) is 9.23 Å². The molecule has 0 aromatic heterocycles. The van der Waals surface area contributed by atoms with E-state index < -0.39 is 11.6 Å². The van der Waals surface area contributed by atoms with E-state index in [-0.39, 0.29) is 11.7 Å². The minimum Gasteiger partial charge on any atom is -0.494 e. The van der Waals surface area contributed by atoms with Gasteiger partial charge in [0.05, 0.1) is 6.61 Å². The standard InChI is InChI=1S/C25H29F3O/c1-3-5-19-12-13-20(25(28)24(19)27)11-8-17-6-9-18(10-7-17)22-15-14-21(29-4-2)16-23(22)26/h8,11-18H,3-7,9-10H2,1-2H3. The normalized spacial score (nSPS) is 19.6. The molecule has 156 valence electrons. The Hall–Kier alpha value is -2.23. The maximum atomic E-state index is 14.4. The summed E-state index contributed by atoms with van der Waals surface area (Å²) in [4.78, 5) is 0. The summed E-state index contributed by atoms with van der Waals surface area (Å²) in [7, 11) is 0. The zero-order chi connectivity index (χ0) is 20.8. The molecule has 1 aliphatic carbocycles. The first-order chi connectivity index (χ1) is 14.0. The van der Waals surface area contributed by atoms with Crippen LogP contribution in [0, 0.1) is 23.4 Å². The Kier molecular flexibility index (Phi) is 7.40. The van der Waals surface area contributed by atoms with Gasteiger partial charge < -0.3 is 4.74 Å². The van der Waals surface area contributed by atoms with Crippen LogP contribution in [-0.2, 0) is 6.42 Å². The van der Waals surface area contributed by atoms with Gasteiger partial charge in [-0.25, -0.2) is 13.2 Å². The second-order valence-corrected chi connectivity index (χ2v) is 7.78. The van der Waals surface area contributed by atoms with Crippen molar-refractivity contribution in [1.82, 2.24) is 0 Å². The lowest BCUT2D eigenvalue weighted by Gasteiger charge is -2.27. The van der Waals surface area contributed by atoms with Crippen molar-refractivity contribution < 1.29 is 17.9 Å². The van der Waals surface area contributed by atoms with Crippen LogP contribution < -0.4 is 4.74 Å². The van der Waals surface area contributed by atoms with E-state index in [1.807, 2.05) is 32.1 Å². The van der Waals surface area contributed by atoms with E-state index in [9.17, 15) is 13.2 Å². The molecule has 2 aromatic carbocycles. The molecule has 0 heterocycles. The summed E-state index contributed by atoms with van der Waals surface area (Å²) in [6, 6.07) is 8.45. The van der Waals surface area contributed by atoms with E-state index in [1.54, 1.807) is 18.2 Å². The number of hydrogen-bond acceptors (Lipinski definition) is 1. The maximum absolute atomic E-state index is 14.4. The summed E-state index contributed by atoms with van der Waals surface area (Å²) >= 11 is 0. The van der Waals surface area contributed by atoms with E-state index >= 15 is 0 Å². The SMILES string of the molecule is CCCc1ccc(C=CC2CCC(c3ccc(OCC)cc3F)CC2)c(F)c1F. The molecule has 0 spiro atoms. The fourth-order valence-corrected chi connectivity index (χ4v) is 4.15. The molecule has 1 nitrogen and oxygen atoms in total. The number of allylic oxidation sites excluding steroid dienone is 1. The minimum absolute atomic E-state index is 0.192. The zero-order valence-electron chi connectivity index (χ0n) is 17.2. The molecule has 0 bridgehead atoms. The van der Waals surface area contributed by atoms with Gasteiger partial charge in [-0.1, -0.05) is 43.7 Å². The Morgan fingerprint density at radius 2 is 1.72 bits per heavy atom. The molecule has 0 N–H and O–H groups in total. The number of rotatable bonds is 7. The van der Waals surface area contributed by atoms with E-state index in [0.717, 1.165) is 37.7 Å². The minimum atomic E-state index is -0.766. The number of hydrogen-bond donors (Lipinski definition) is 0. The molecular weight excluding hydrogens is 373 g/mol. The lowest BCUT2D eigenvalue weighted by atomic mass is 9.78. The molecule has 29 heavy (non-hydrogen) atoms. The molecule has 2 aromatic rings. The fraction of sp³-hybridized carbons (Fsp3) is 0.440. The van der Waals surface area contributed by atoms with E-state index in [0.29, 0.717) is 35.8 Å². The third-order valence-electron chi connectivity index (χ3n) is 5.75. The van der Waals surface area contributed by atoms with Crippen LogP contribution in [0.5, 0.6) is 5.75 Å². The van der Waals surface area contributed by atoms with E-state index in [1.165, 1.54) is 6.07 Å². The van der Waals surface area contributed by atoms with Crippen molar-refractivity contribution in [3.63, 3.8) is 0 Å². The Labute approximate surface area is 171 Å². The molecule has 1 aliphatic rings. The molecule has 0 unspecified atom stereocenters. The average Bonchev–Trinajstić information content (AvgIpc) is 2.72. The summed E-state index contributed by atoms with van der Waals surface area (Å²) in [5.41, 5.74) is 1.47. The van der Waals surface area contributed by atoms with Crippen LogP contribution in [0.25, 0.3) is 6.08 Å². The van der Waals surface area contributed by atoms with Crippen molar-refractivity contribution in [2.75, 3.05) is 6.61 Å². The third-order valence-corrected chi connectivity index (χ3v) is 5.75. The highest BCUT2D eigenvalue weighted by atomic mass is 19.2. The van der Waals surface area contributed by atoms with Gasteiger partial charge in [-0.2, -0.15) is 0 Å². The van der Waals surface area contributed by atoms with Crippen molar-refractivity contribution in [2.24, 2.45) is 5.92 Å². The first-order valence-corrected chi connectivity index (χ1v) is 10.6. The average molecular weight is 403 g/mol. The molecule has 0 radical (unpaired) electrons. The Balaban J connectivity index is 1.61. The highest BCUT2D eigenvalue weighted by Crippen LogP contribution is 2.38. The van der Waals surface area contributed by atoms with Crippen LogP contribution in [-0.4, -0.2) is 6.61 Å². The van der Waals surface area contributed by atoms with Crippen molar-refractivity contribution in [1.29, 1.82) is 0 Å². The Bertz CT molecular complexity index is 851. The number of ether oxygens (including phenoxy) is 1. The van der Waals surface area contributed by atoms with Crippen molar-refractivity contribution in [2.45, 2.75) is 58.3 Å². The van der Waals surface area contributed by atoms with Gasteiger partial charge in [0, 0.05) is 11.6 Å². The van der Waals surface area contributed by atoms with Crippen LogP contribution in [0.15, 0.2) is 36.4 Å². The van der Waals surface area contributed by atoms with Crippen LogP contribution in [0.2, 0.25) is 0 Å². The molecule has 0 saturated heterocycles. The molecule has 1 saturated carbocycles. The van der Waals surface area contributed by atoms with Crippen molar-refractivity contribution in [3.05, 3.63) is 70.5 Å². The lowest BCUT2D eigenvalue weighted by Crippen LogP contribution is -2.13. The number of aryl methyl sites for hydroxylation is 1. The van der Waals surface area contributed by atoms with Crippen LogP contribution in [0.1, 0.15) is 68.6 Å². The second-order valence-electron chi connectivity index (χ2n) is 7.78. The lowest BCUT2D eigenvalue weighted by molar-refractivity contribution is 0.336. The molecular formula is C25H29F3O. The smallest absolute Gasteiger partial charge is 0.166 e. The second kappa shape index (κ2) is 10.00. The van der Waals surface area contributed by atoms with Crippen LogP contribution in [0.3, 0.4) is 0 Å². The first kappa shape index (κ1) is 21.5. The molecule has 3 rings (SSSR count). The third kappa shape index (κ3) is 5.23. The zero-order valence-corrected chi connectivity index (χ0v) is 17.2. The van der Waals surface area contributed by atoms with Gasteiger partial charge in [0.15, 0.2) is 11.6 Å². The number of benzene rings is 2. The highest BCUT2D eigenvalue weighted by Gasteiger charge is 2.23. The predicted octanol–water partition coefficient (Wildman–Crippen LogP) is 7.44. The van der Waals surface area contributed by atoms with Crippen LogP contribution >= 0.6 is 0 Å². The molecule has 4 heteroatoms. The van der Waals surface area contributed by atoms with Gasteiger partial charge in [0.2, 0.25) is 0 Å². The monoisotopic (exact) mass is 402 g/mol. The Morgan fingerprint density at radius 1 is 0.966 bits per heavy atom. The predicted molar refractivity (Wildman–Crippen MR) is 112 cm³/mol. The molecule has 0 atom stereocenters. The summed E-state index contributed by atoms with van der Waals surface area (Å²) in [6.07, 6.45) is 8.57. The van der Waals surface area contributed by atoms with Gasteiger partial charge in [0.1, 0.15) is 11.6 Å². The van der Waals surface area contributed by atoms with Gasteiger partial charge in [0.25, 0.3) is 0 Å². The van der Waals surface area contributed by atoms with Crippen molar-refractivity contribution >= 4 is 6.08 Å². The van der Waals surface area contributed by atoms with Crippen LogP contribution in [0.4, 0.5) is 13.2 Å². The van der Waals surface area contributed by atoms with Gasteiger partial charge in [-0.3, -0.25) is 0 Å². The molecule has 1 fully saturated rings. The summed E-state index contributed by atoms with van der Waals surface area (Å²) in [5, 5.41) is 0.